The number of nitrogens with two attached hydrogens (primary N) is 1. The molecule has 0 aliphatic carbocycles. The van der Waals surface area contributed by atoms with Crippen molar-refractivity contribution in [1.82, 2.24) is 9.97 Å². The lowest BCUT2D eigenvalue weighted by atomic mass is 10.2. The fourth-order valence-corrected chi connectivity index (χ4v) is 2.16. The predicted octanol–water partition coefficient (Wildman–Crippen LogP) is 3.77. The van der Waals surface area contributed by atoms with Crippen LogP contribution >= 0.6 is 15.9 Å². The van der Waals surface area contributed by atoms with Crippen molar-refractivity contribution in [3.63, 3.8) is 0 Å². The molecule has 2 aromatic carbocycles. The second-order valence-electron chi connectivity index (χ2n) is 3.96. The summed E-state index contributed by atoms with van der Waals surface area (Å²) < 4.78 is 6.73. The van der Waals surface area contributed by atoms with Gasteiger partial charge < -0.3 is 10.5 Å². The molecule has 0 unspecified atom stereocenters. The normalized spacial score (nSPS) is 10.6. The summed E-state index contributed by atoms with van der Waals surface area (Å²) >= 11 is 3.40. The van der Waals surface area contributed by atoms with E-state index in [-0.39, 0.29) is 5.95 Å². The topological polar surface area (TPSA) is 61.0 Å². The maximum absolute atomic E-state index is 5.79. The van der Waals surface area contributed by atoms with Crippen molar-refractivity contribution in [2.45, 2.75) is 0 Å². The third-order valence-electron chi connectivity index (χ3n) is 2.60. The first-order valence-electron chi connectivity index (χ1n) is 5.68. The minimum absolute atomic E-state index is 0.198. The van der Waals surface area contributed by atoms with Gasteiger partial charge in [-0.25, -0.2) is 4.98 Å². The van der Waals surface area contributed by atoms with Gasteiger partial charge in [0.1, 0.15) is 5.75 Å². The zero-order chi connectivity index (χ0) is 13.2. The van der Waals surface area contributed by atoms with E-state index in [4.69, 9.17) is 10.5 Å². The Morgan fingerprint density at radius 3 is 2.68 bits per heavy atom. The number of para-hydroxylation sites is 1. The lowest BCUT2D eigenvalue weighted by Crippen LogP contribution is -1.98. The van der Waals surface area contributed by atoms with Crippen LogP contribution in [0, 0.1) is 0 Å². The minimum atomic E-state index is 0.198. The molecule has 2 N–H and O–H groups in total. The average Bonchev–Trinajstić information content (AvgIpc) is 2.38. The monoisotopic (exact) mass is 315 g/mol. The molecule has 0 radical (unpaired) electrons. The Hall–Kier alpha value is -2.14. The quantitative estimate of drug-likeness (QED) is 0.782. The van der Waals surface area contributed by atoms with Gasteiger partial charge in [0.15, 0.2) is 0 Å². The molecule has 0 saturated heterocycles. The average molecular weight is 316 g/mol. The fraction of sp³-hybridized carbons (Fsp3) is 0. The maximum Gasteiger partial charge on any atom is 0.231 e. The Labute approximate surface area is 118 Å². The van der Waals surface area contributed by atoms with Crippen LogP contribution in [0.15, 0.2) is 53.0 Å². The number of nitrogens with zero attached hydrogens (tertiary/aromatic N) is 2. The molecule has 5 heteroatoms. The molecule has 19 heavy (non-hydrogen) atoms. The highest BCUT2D eigenvalue weighted by atomic mass is 79.9. The number of ether oxygens (including phenoxy) is 1. The third kappa shape index (κ3) is 2.51. The van der Waals surface area contributed by atoms with Crippen LogP contribution < -0.4 is 10.5 Å². The Balaban J connectivity index is 2.09. The maximum atomic E-state index is 5.79. The van der Waals surface area contributed by atoms with Crippen LogP contribution in [-0.4, -0.2) is 9.97 Å². The Kier molecular flexibility index (Phi) is 3.05. The molecule has 0 atom stereocenters. The van der Waals surface area contributed by atoms with E-state index in [1.165, 1.54) is 0 Å². The fourth-order valence-electron chi connectivity index (χ4n) is 1.78. The van der Waals surface area contributed by atoms with Gasteiger partial charge in [0.25, 0.3) is 0 Å². The summed E-state index contributed by atoms with van der Waals surface area (Å²) in [5, 5.41) is 0.830. The van der Waals surface area contributed by atoms with Gasteiger partial charge in [0.2, 0.25) is 11.8 Å². The number of fused-ring (bicyclic) bond motifs is 1. The van der Waals surface area contributed by atoms with E-state index in [1.807, 2.05) is 48.5 Å². The number of anilines is 1. The molecule has 0 spiro atoms. The van der Waals surface area contributed by atoms with E-state index in [2.05, 4.69) is 25.9 Å². The molecule has 0 aliphatic rings. The number of benzene rings is 2. The van der Waals surface area contributed by atoms with Crippen LogP contribution in [0.4, 0.5) is 5.95 Å². The largest absolute Gasteiger partial charge is 0.438 e. The number of hydrogen-bond donors (Lipinski definition) is 1. The van der Waals surface area contributed by atoms with Gasteiger partial charge >= 0.3 is 0 Å². The summed E-state index contributed by atoms with van der Waals surface area (Å²) in [7, 11) is 0. The molecule has 1 heterocycles. The zero-order valence-electron chi connectivity index (χ0n) is 9.88. The highest BCUT2D eigenvalue weighted by Gasteiger charge is 2.08. The second-order valence-corrected chi connectivity index (χ2v) is 4.88. The smallest absolute Gasteiger partial charge is 0.231 e. The zero-order valence-corrected chi connectivity index (χ0v) is 11.5. The highest BCUT2D eigenvalue weighted by Crippen LogP contribution is 2.29. The molecule has 3 aromatic rings. The molecule has 4 nitrogen and oxygen atoms in total. The van der Waals surface area contributed by atoms with E-state index in [9.17, 15) is 0 Å². The summed E-state index contributed by atoms with van der Waals surface area (Å²) in [5.74, 6) is 1.35. The standard InChI is InChI=1S/C14H10BrN3O/c15-9-4-3-5-10(8-9)19-13-11-6-1-2-7-12(11)17-14(16)18-13/h1-8H,(H2,16,17,18). The van der Waals surface area contributed by atoms with Gasteiger partial charge in [0.05, 0.1) is 10.9 Å². The molecule has 94 valence electrons. The number of rotatable bonds is 2. The Morgan fingerprint density at radius 1 is 1.00 bits per heavy atom. The SMILES string of the molecule is Nc1nc(Oc2cccc(Br)c2)c2ccccc2n1. The lowest BCUT2D eigenvalue weighted by Gasteiger charge is -2.08. The molecule has 3 rings (SSSR count). The first-order chi connectivity index (χ1) is 9.22. The van der Waals surface area contributed by atoms with E-state index in [0.717, 1.165) is 15.4 Å². The molecule has 0 bridgehead atoms. The van der Waals surface area contributed by atoms with Crippen molar-refractivity contribution in [2.75, 3.05) is 5.73 Å². The van der Waals surface area contributed by atoms with Crippen molar-refractivity contribution >= 4 is 32.8 Å². The Bertz CT molecular complexity index is 746. The lowest BCUT2D eigenvalue weighted by molar-refractivity contribution is 0.469. The Morgan fingerprint density at radius 2 is 1.84 bits per heavy atom. The molecule has 1 aromatic heterocycles. The van der Waals surface area contributed by atoms with Crippen LogP contribution in [0.5, 0.6) is 11.6 Å². The van der Waals surface area contributed by atoms with E-state index in [1.54, 1.807) is 0 Å². The molecular formula is C14H10BrN3O. The highest BCUT2D eigenvalue weighted by molar-refractivity contribution is 9.10. The first kappa shape index (κ1) is 11.9. The summed E-state index contributed by atoms with van der Waals surface area (Å²) in [5.41, 5.74) is 6.46. The van der Waals surface area contributed by atoms with Crippen LogP contribution in [-0.2, 0) is 0 Å². The summed E-state index contributed by atoms with van der Waals surface area (Å²) in [6, 6.07) is 15.1. The molecule has 0 saturated carbocycles. The number of aromatic nitrogens is 2. The second kappa shape index (κ2) is 4.85. The van der Waals surface area contributed by atoms with Crippen molar-refractivity contribution < 1.29 is 4.74 Å². The van der Waals surface area contributed by atoms with Crippen LogP contribution in [0.25, 0.3) is 10.9 Å². The van der Waals surface area contributed by atoms with E-state index >= 15 is 0 Å². The van der Waals surface area contributed by atoms with Gasteiger partial charge in [-0.1, -0.05) is 34.1 Å². The van der Waals surface area contributed by atoms with Gasteiger partial charge in [-0.05, 0) is 30.3 Å². The van der Waals surface area contributed by atoms with Crippen molar-refractivity contribution in [3.05, 3.63) is 53.0 Å². The molecular weight excluding hydrogens is 306 g/mol. The number of hydrogen-bond acceptors (Lipinski definition) is 4. The van der Waals surface area contributed by atoms with Crippen LogP contribution in [0.1, 0.15) is 0 Å². The van der Waals surface area contributed by atoms with E-state index < -0.39 is 0 Å². The van der Waals surface area contributed by atoms with Gasteiger partial charge in [-0.15, -0.1) is 0 Å². The summed E-state index contributed by atoms with van der Waals surface area (Å²) in [6.07, 6.45) is 0. The van der Waals surface area contributed by atoms with E-state index in [0.29, 0.717) is 11.6 Å². The summed E-state index contributed by atoms with van der Waals surface area (Å²) in [4.78, 5) is 8.33. The predicted molar refractivity (Wildman–Crippen MR) is 78.2 cm³/mol. The van der Waals surface area contributed by atoms with Crippen LogP contribution in [0.2, 0.25) is 0 Å². The first-order valence-corrected chi connectivity index (χ1v) is 6.47. The number of halogens is 1. The van der Waals surface area contributed by atoms with Gasteiger partial charge in [-0.2, -0.15) is 4.98 Å². The molecule has 0 amide bonds. The van der Waals surface area contributed by atoms with Crippen LogP contribution in [0.3, 0.4) is 0 Å². The molecule has 0 aliphatic heterocycles. The van der Waals surface area contributed by atoms with Gasteiger partial charge in [-0.3, -0.25) is 0 Å². The van der Waals surface area contributed by atoms with Gasteiger partial charge in [0, 0.05) is 4.47 Å². The molecule has 0 fully saturated rings. The summed E-state index contributed by atoms with van der Waals surface area (Å²) in [6.45, 7) is 0. The third-order valence-corrected chi connectivity index (χ3v) is 3.09. The minimum Gasteiger partial charge on any atom is -0.438 e. The van der Waals surface area contributed by atoms with Crippen molar-refractivity contribution in [3.8, 4) is 11.6 Å². The van der Waals surface area contributed by atoms with Crippen molar-refractivity contribution in [2.24, 2.45) is 0 Å². The van der Waals surface area contributed by atoms with Crippen molar-refractivity contribution in [1.29, 1.82) is 0 Å². The number of nitrogen functional groups attached to an aromatic ring is 1.